The summed E-state index contributed by atoms with van der Waals surface area (Å²) in [6.45, 7) is 2.05. The number of alkyl halides is 3. The normalized spacial score (nSPS) is 20.4. The third-order valence-corrected chi connectivity index (χ3v) is 2.84. The largest absolute Gasteiger partial charge is 0.401 e. The second-order valence-electron chi connectivity index (χ2n) is 4.23. The zero-order valence-corrected chi connectivity index (χ0v) is 9.83. The quantitative estimate of drug-likeness (QED) is 0.793. The first-order valence-corrected chi connectivity index (χ1v) is 5.67. The molecule has 0 spiro atoms. The Morgan fingerprint density at radius 2 is 1.82 bits per heavy atom. The molecule has 1 fully saturated rings. The van der Waals surface area contributed by atoms with Gasteiger partial charge in [-0.15, -0.1) is 0 Å². The van der Waals surface area contributed by atoms with Crippen molar-refractivity contribution in [3.63, 3.8) is 0 Å². The van der Waals surface area contributed by atoms with E-state index in [2.05, 4.69) is 0 Å². The predicted molar refractivity (Wildman–Crippen MR) is 57.3 cm³/mol. The van der Waals surface area contributed by atoms with Crippen molar-refractivity contribution in [2.75, 3.05) is 32.7 Å². The van der Waals surface area contributed by atoms with Crippen molar-refractivity contribution in [1.82, 2.24) is 9.80 Å². The molecule has 4 nitrogen and oxygen atoms in total. The lowest BCUT2D eigenvalue weighted by Crippen LogP contribution is -2.54. The monoisotopic (exact) mass is 253 g/mol. The second kappa shape index (κ2) is 5.68. The average Bonchev–Trinajstić information content (AvgIpc) is 2.26. The lowest BCUT2D eigenvalue weighted by Gasteiger charge is -2.36. The van der Waals surface area contributed by atoms with Gasteiger partial charge in [-0.2, -0.15) is 13.2 Å². The highest BCUT2D eigenvalue weighted by molar-refractivity contribution is 5.81. The van der Waals surface area contributed by atoms with Crippen LogP contribution in [-0.4, -0.2) is 60.6 Å². The topological polar surface area (TPSA) is 49.6 Å². The maximum absolute atomic E-state index is 12.1. The summed E-state index contributed by atoms with van der Waals surface area (Å²) in [5.74, 6) is -0.167. The highest BCUT2D eigenvalue weighted by Gasteiger charge is 2.33. The maximum atomic E-state index is 12.1. The van der Waals surface area contributed by atoms with Gasteiger partial charge in [0.15, 0.2) is 0 Å². The van der Waals surface area contributed by atoms with Crippen molar-refractivity contribution in [3.8, 4) is 0 Å². The van der Waals surface area contributed by atoms with Crippen molar-refractivity contribution in [2.45, 2.75) is 25.6 Å². The van der Waals surface area contributed by atoms with Gasteiger partial charge in [-0.3, -0.25) is 9.69 Å². The third-order valence-electron chi connectivity index (χ3n) is 2.84. The van der Waals surface area contributed by atoms with E-state index in [0.29, 0.717) is 19.5 Å². The van der Waals surface area contributed by atoms with Crippen molar-refractivity contribution in [2.24, 2.45) is 5.73 Å². The molecule has 2 N–H and O–H groups in total. The molecule has 1 saturated heterocycles. The van der Waals surface area contributed by atoms with Crippen LogP contribution in [0.15, 0.2) is 0 Å². The van der Waals surface area contributed by atoms with Crippen LogP contribution < -0.4 is 5.73 Å². The van der Waals surface area contributed by atoms with Crippen LogP contribution in [0.1, 0.15) is 13.3 Å². The fourth-order valence-electron chi connectivity index (χ4n) is 1.79. The number of nitrogens with two attached hydrogens (primary N) is 1. The van der Waals surface area contributed by atoms with Gasteiger partial charge in [0.2, 0.25) is 5.91 Å². The summed E-state index contributed by atoms with van der Waals surface area (Å²) in [5.41, 5.74) is 5.60. The molecule has 0 aromatic rings. The van der Waals surface area contributed by atoms with E-state index >= 15 is 0 Å². The second-order valence-corrected chi connectivity index (χ2v) is 4.23. The summed E-state index contributed by atoms with van der Waals surface area (Å²) < 4.78 is 36.4. The number of rotatable bonds is 3. The predicted octanol–water partition coefficient (Wildman–Crippen LogP) is 0.430. The molecule has 1 unspecified atom stereocenters. The Hall–Kier alpha value is -0.820. The van der Waals surface area contributed by atoms with Crippen LogP contribution >= 0.6 is 0 Å². The van der Waals surface area contributed by atoms with Crippen molar-refractivity contribution in [1.29, 1.82) is 0 Å². The highest BCUT2D eigenvalue weighted by Crippen LogP contribution is 2.17. The molecule has 0 bridgehead atoms. The molecule has 1 rings (SSSR count). The fourth-order valence-corrected chi connectivity index (χ4v) is 1.79. The minimum Gasteiger partial charge on any atom is -0.339 e. The third kappa shape index (κ3) is 4.51. The van der Waals surface area contributed by atoms with Crippen LogP contribution in [0.5, 0.6) is 0 Å². The molecule has 1 atom stereocenters. The van der Waals surface area contributed by atoms with Crippen LogP contribution in [0.3, 0.4) is 0 Å². The first kappa shape index (κ1) is 14.2. The van der Waals surface area contributed by atoms with E-state index in [1.807, 2.05) is 6.92 Å². The molecular formula is C10H18F3N3O. The zero-order valence-electron chi connectivity index (χ0n) is 9.83. The van der Waals surface area contributed by atoms with Crippen LogP contribution in [0.4, 0.5) is 13.2 Å². The van der Waals surface area contributed by atoms with Crippen LogP contribution in [0.2, 0.25) is 0 Å². The Bertz CT molecular complexity index is 262. The molecular weight excluding hydrogens is 235 g/mol. The summed E-state index contributed by atoms with van der Waals surface area (Å²) in [5, 5.41) is 0. The van der Waals surface area contributed by atoms with Gasteiger partial charge >= 0.3 is 6.18 Å². The lowest BCUT2D eigenvalue weighted by atomic mass is 10.2. The summed E-state index contributed by atoms with van der Waals surface area (Å²) in [6, 6.07) is -0.538. The SMILES string of the molecule is CCC(N)C(=O)N1CCN(CC(F)(F)F)CC1. The average molecular weight is 253 g/mol. The minimum absolute atomic E-state index is 0.167. The van der Waals surface area contributed by atoms with Crippen molar-refractivity contribution in [3.05, 3.63) is 0 Å². The Morgan fingerprint density at radius 3 is 2.24 bits per heavy atom. The number of halogens is 3. The van der Waals surface area contributed by atoms with E-state index in [0.717, 1.165) is 0 Å². The van der Waals surface area contributed by atoms with E-state index in [1.54, 1.807) is 4.90 Å². The van der Waals surface area contributed by atoms with Gasteiger partial charge in [0.25, 0.3) is 0 Å². The smallest absolute Gasteiger partial charge is 0.339 e. The number of piperazine rings is 1. The van der Waals surface area contributed by atoms with Gasteiger partial charge in [0.1, 0.15) is 0 Å². The standard InChI is InChI=1S/C10H18F3N3O/c1-2-8(14)9(17)16-5-3-15(4-6-16)7-10(11,12)13/h8H,2-7,14H2,1H3. The maximum Gasteiger partial charge on any atom is 0.401 e. The van der Waals surface area contributed by atoms with E-state index in [4.69, 9.17) is 5.73 Å². The van der Waals surface area contributed by atoms with Crippen molar-refractivity contribution < 1.29 is 18.0 Å². The molecule has 17 heavy (non-hydrogen) atoms. The van der Waals surface area contributed by atoms with Gasteiger partial charge in [-0.05, 0) is 6.42 Å². The molecule has 100 valence electrons. The van der Waals surface area contributed by atoms with Gasteiger partial charge in [-0.1, -0.05) is 6.92 Å². The summed E-state index contributed by atoms with van der Waals surface area (Å²) >= 11 is 0. The number of hydrogen-bond donors (Lipinski definition) is 1. The van der Waals surface area contributed by atoms with Crippen LogP contribution in [0, 0.1) is 0 Å². The number of carbonyl (C=O) groups excluding carboxylic acids is 1. The summed E-state index contributed by atoms with van der Waals surface area (Å²) in [6.07, 6.45) is -3.63. The van der Waals surface area contributed by atoms with E-state index in [-0.39, 0.29) is 19.0 Å². The minimum atomic E-state index is -4.17. The molecule has 1 aliphatic heterocycles. The molecule has 1 aliphatic rings. The van der Waals surface area contributed by atoms with E-state index < -0.39 is 18.8 Å². The molecule has 0 aromatic carbocycles. The Morgan fingerprint density at radius 1 is 1.29 bits per heavy atom. The zero-order chi connectivity index (χ0) is 13.1. The Kier molecular flexibility index (Phi) is 4.76. The lowest BCUT2D eigenvalue weighted by molar-refractivity contribution is -0.152. The first-order chi connectivity index (χ1) is 7.83. The van der Waals surface area contributed by atoms with Crippen LogP contribution in [-0.2, 0) is 4.79 Å². The molecule has 1 amide bonds. The number of nitrogens with zero attached hydrogens (tertiary/aromatic N) is 2. The number of hydrogen-bond acceptors (Lipinski definition) is 3. The molecule has 0 saturated carbocycles. The van der Waals surface area contributed by atoms with Crippen molar-refractivity contribution >= 4 is 5.91 Å². The Labute approximate surface area is 98.5 Å². The number of carbonyl (C=O) groups is 1. The van der Waals surface area contributed by atoms with E-state index in [9.17, 15) is 18.0 Å². The van der Waals surface area contributed by atoms with Gasteiger partial charge in [0.05, 0.1) is 12.6 Å². The molecule has 7 heteroatoms. The molecule has 0 radical (unpaired) electrons. The number of amides is 1. The highest BCUT2D eigenvalue weighted by atomic mass is 19.4. The van der Waals surface area contributed by atoms with Gasteiger partial charge < -0.3 is 10.6 Å². The summed E-state index contributed by atoms with van der Waals surface area (Å²) in [4.78, 5) is 14.5. The fraction of sp³-hybridized carbons (Fsp3) is 0.900. The molecule has 0 aliphatic carbocycles. The van der Waals surface area contributed by atoms with Crippen LogP contribution in [0.25, 0.3) is 0 Å². The van der Waals surface area contributed by atoms with Gasteiger partial charge in [0, 0.05) is 26.2 Å². The first-order valence-electron chi connectivity index (χ1n) is 5.67. The molecule has 1 heterocycles. The van der Waals surface area contributed by atoms with E-state index in [1.165, 1.54) is 4.90 Å². The van der Waals surface area contributed by atoms with Gasteiger partial charge in [-0.25, -0.2) is 0 Å². The molecule has 0 aromatic heterocycles. The summed E-state index contributed by atoms with van der Waals surface area (Å²) in [7, 11) is 0. The Balaban J connectivity index is 2.38.